The lowest BCUT2D eigenvalue weighted by atomic mass is 9.82. The molecule has 3 atom stereocenters. The van der Waals surface area contributed by atoms with Crippen LogP contribution in [0.1, 0.15) is 19.3 Å². The topological polar surface area (TPSA) is 50.1 Å². The van der Waals surface area contributed by atoms with E-state index < -0.39 is 0 Å². The molecule has 0 spiro atoms. The molecule has 0 aromatic heterocycles. The summed E-state index contributed by atoms with van der Waals surface area (Å²) >= 11 is 0. The highest BCUT2D eigenvalue weighted by Gasteiger charge is 2.34. The number of allylic oxidation sites excluding steroid dienone is 1. The monoisotopic (exact) mass is 181 g/mol. The molecular formula is C10H19N3. The Bertz CT molecular complexity index is 191. The lowest BCUT2D eigenvalue weighted by Gasteiger charge is -2.24. The molecule has 74 valence electrons. The van der Waals surface area contributed by atoms with Crippen LogP contribution >= 0.6 is 0 Å². The van der Waals surface area contributed by atoms with Gasteiger partial charge in [0.05, 0.1) is 0 Å². The second-order valence-corrected chi connectivity index (χ2v) is 4.12. The van der Waals surface area contributed by atoms with Crippen LogP contribution in [0.4, 0.5) is 0 Å². The molecule has 4 N–H and O–H groups in total. The molecule has 2 rings (SSSR count). The molecule has 0 aromatic carbocycles. The molecule has 1 fully saturated rings. The first-order valence-corrected chi connectivity index (χ1v) is 5.23. The Labute approximate surface area is 79.7 Å². The maximum atomic E-state index is 5.29. The van der Waals surface area contributed by atoms with Crippen molar-refractivity contribution in [3.8, 4) is 0 Å². The molecule has 3 nitrogen and oxygen atoms in total. The maximum Gasteiger partial charge on any atom is 0.0136 e. The Morgan fingerprint density at radius 3 is 3.08 bits per heavy atom. The predicted molar refractivity (Wildman–Crippen MR) is 54.0 cm³/mol. The minimum Gasteiger partial charge on any atom is -0.313 e. The van der Waals surface area contributed by atoms with E-state index in [9.17, 15) is 0 Å². The molecule has 1 saturated heterocycles. The first kappa shape index (κ1) is 9.19. The summed E-state index contributed by atoms with van der Waals surface area (Å²) in [6, 6.07) is 0.743. The number of rotatable bonds is 3. The van der Waals surface area contributed by atoms with Gasteiger partial charge in [-0.25, -0.2) is 0 Å². The fraction of sp³-hybridized carbons (Fsp3) is 0.800. The van der Waals surface area contributed by atoms with Crippen molar-refractivity contribution in [1.82, 2.24) is 10.7 Å². The molecule has 1 heterocycles. The first-order valence-electron chi connectivity index (χ1n) is 5.23. The third-order valence-electron chi connectivity index (χ3n) is 3.39. The summed E-state index contributed by atoms with van der Waals surface area (Å²) in [5, 5.41) is 3.60. The fourth-order valence-corrected chi connectivity index (χ4v) is 2.63. The van der Waals surface area contributed by atoms with E-state index in [2.05, 4.69) is 22.9 Å². The predicted octanol–water partition coefficient (Wildman–Crippen LogP) is 0.394. The van der Waals surface area contributed by atoms with Crippen LogP contribution in [0.25, 0.3) is 0 Å². The van der Waals surface area contributed by atoms with Gasteiger partial charge >= 0.3 is 0 Å². The van der Waals surface area contributed by atoms with Gasteiger partial charge in [-0.2, -0.15) is 0 Å². The Morgan fingerprint density at radius 2 is 2.23 bits per heavy atom. The van der Waals surface area contributed by atoms with Crippen molar-refractivity contribution in [1.29, 1.82) is 0 Å². The molecule has 1 aliphatic heterocycles. The molecule has 0 amide bonds. The van der Waals surface area contributed by atoms with Crippen molar-refractivity contribution in [2.75, 3.05) is 13.1 Å². The summed E-state index contributed by atoms with van der Waals surface area (Å²) in [7, 11) is 0. The van der Waals surface area contributed by atoms with E-state index >= 15 is 0 Å². The van der Waals surface area contributed by atoms with Crippen LogP contribution < -0.4 is 16.6 Å². The van der Waals surface area contributed by atoms with Gasteiger partial charge in [-0.1, -0.05) is 12.2 Å². The second kappa shape index (κ2) is 4.22. The van der Waals surface area contributed by atoms with Crippen molar-refractivity contribution in [2.24, 2.45) is 17.7 Å². The Kier molecular flexibility index (Phi) is 2.98. The second-order valence-electron chi connectivity index (χ2n) is 4.12. The molecule has 0 bridgehead atoms. The summed E-state index contributed by atoms with van der Waals surface area (Å²) in [6.45, 7) is 2.12. The maximum absolute atomic E-state index is 5.29. The van der Waals surface area contributed by atoms with Crippen LogP contribution in [0.2, 0.25) is 0 Å². The van der Waals surface area contributed by atoms with Crippen molar-refractivity contribution in [3.05, 3.63) is 12.2 Å². The molecule has 13 heavy (non-hydrogen) atoms. The van der Waals surface area contributed by atoms with Crippen molar-refractivity contribution >= 4 is 0 Å². The Balaban J connectivity index is 1.88. The summed E-state index contributed by atoms with van der Waals surface area (Å²) in [4.78, 5) is 0. The van der Waals surface area contributed by atoms with Gasteiger partial charge in [0, 0.05) is 12.6 Å². The summed E-state index contributed by atoms with van der Waals surface area (Å²) in [5.41, 5.74) is 2.74. The van der Waals surface area contributed by atoms with Gasteiger partial charge in [0.15, 0.2) is 0 Å². The molecule has 0 aromatic rings. The van der Waals surface area contributed by atoms with Crippen LogP contribution in [-0.2, 0) is 0 Å². The zero-order valence-electron chi connectivity index (χ0n) is 8.00. The third-order valence-corrected chi connectivity index (χ3v) is 3.39. The van der Waals surface area contributed by atoms with Gasteiger partial charge in [-0.3, -0.25) is 11.3 Å². The highest BCUT2D eigenvalue weighted by atomic mass is 15.2. The molecule has 3 unspecified atom stereocenters. The molecule has 3 heteroatoms. The number of nitrogens with two attached hydrogens (primary N) is 1. The van der Waals surface area contributed by atoms with Gasteiger partial charge in [-0.15, -0.1) is 0 Å². The lowest BCUT2D eigenvalue weighted by Crippen LogP contribution is -2.29. The fourth-order valence-electron chi connectivity index (χ4n) is 2.63. The molecule has 2 aliphatic rings. The van der Waals surface area contributed by atoms with Gasteiger partial charge < -0.3 is 5.32 Å². The van der Waals surface area contributed by atoms with E-state index in [4.69, 9.17) is 5.84 Å². The molecule has 1 aliphatic carbocycles. The smallest absolute Gasteiger partial charge is 0.0136 e. The highest BCUT2D eigenvalue weighted by molar-refractivity contribution is 5.03. The van der Waals surface area contributed by atoms with E-state index in [1.807, 2.05) is 0 Å². The van der Waals surface area contributed by atoms with E-state index in [0.29, 0.717) is 0 Å². The summed E-state index contributed by atoms with van der Waals surface area (Å²) < 4.78 is 0. The third kappa shape index (κ3) is 1.93. The standard InChI is InChI=1S/C10H19N3/c11-13-6-5-8-7-12-10-4-2-1-3-9(8)10/h1-2,8-10,12-13H,3-7,11H2. The summed E-state index contributed by atoms with van der Waals surface area (Å²) in [5.74, 6) is 6.97. The number of hydrazine groups is 1. The number of hydrogen-bond donors (Lipinski definition) is 3. The highest BCUT2D eigenvalue weighted by Crippen LogP contribution is 2.32. The normalized spacial score (nSPS) is 37.8. The molecule has 0 saturated carbocycles. The van der Waals surface area contributed by atoms with Gasteiger partial charge in [0.2, 0.25) is 0 Å². The van der Waals surface area contributed by atoms with Crippen LogP contribution in [0.3, 0.4) is 0 Å². The molecule has 0 radical (unpaired) electrons. The minimum atomic E-state index is 0.743. The minimum absolute atomic E-state index is 0.743. The summed E-state index contributed by atoms with van der Waals surface area (Å²) in [6.07, 6.45) is 8.32. The molecular weight excluding hydrogens is 162 g/mol. The van der Waals surface area contributed by atoms with Crippen LogP contribution in [0.5, 0.6) is 0 Å². The van der Waals surface area contributed by atoms with E-state index in [1.54, 1.807) is 0 Å². The number of fused-ring (bicyclic) bond motifs is 1. The van der Waals surface area contributed by atoms with E-state index in [-0.39, 0.29) is 0 Å². The first-order chi connectivity index (χ1) is 6.42. The van der Waals surface area contributed by atoms with Crippen LogP contribution in [0.15, 0.2) is 12.2 Å². The van der Waals surface area contributed by atoms with Crippen LogP contribution in [-0.4, -0.2) is 19.1 Å². The Morgan fingerprint density at radius 1 is 1.38 bits per heavy atom. The van der Waals surface area contributed by atoms with Gasteiger partial charge in [0.1, 0.15) is 0 Å². The van der Waals surface area contributed by atoms with Gasteiger partial charge in [-0.05, 0) is 37.6 Å². The van der Waals surface area contributed by atoms with Crippen molar-refractivity contribution < 1.29 is 0 Å². The average molecular weight is 181 g/mol. The SMILES string of the molecule is NNCCC1CNC2CC=CCC12. The lowest BCUT2D eigenvalue weighted by molar-refractivity contribution is 0.336. The van der Waals surface area contributed by atoms with Crippen molar-refractivity contribution in [3.63, 3.8) is 0 Å². The zero-order valence-corrected chi connectivity index (χ0v) is 8.00. The zero-order chi connectivity index (χ0) is 9.10. The quantitative estimate of drug-likeness (QED) is 0.335. The van der Waals surface area contributed by atoms with Crippen molar-refractivity contribution in [2.45, 2.75) is 25.3 Å². The Hall–Kier alpha value is -0.380. The number of hydrogen-bond acceptors (Lipinski definition) is 3. The van der Waals surface area contributed by atoms with Gasteiger partial charge in [0.25, 0.3) is 0 Å². The largest absolute Gasteiger partial charge is 0.313 e. The van der Waals surface area contributed by atoms with Crippen LogP contribution in [0, 0.1) is 11.8 Å². The van der Waals surface area contributed by atoms with E-state index in [0.717, 1.165) is 24.4 Å². The average Bonchev–Trinajstić information content (AvgIpc) is 2.58. The number of nitrogens with one attached hydrogen (secondary N) is 2. The van der Waals surface area contributed by atoms with E-state index in [1.165, 1.54) is 25.8 Å².